The van der Waals surface area contributed by atoms with E-state index in [9.17, 15) is 43.2 Å². The molecule has 0 fully saturated rings. The molecule has 0 aromatic heterocycles. The summed E-state index contributed by atoms with van der Waals surface area (Å²) in [7, 11) is -9.92. The van der Waals surface area contributed by atoms with E-state index in [1.165, 1.54) is 212 Å². The standard InChI is InChI=1S/C81H158O17P2/c1-9-73(7)59-51-43-35-31-32-36-45-53-61-78(83)91-67-76(97-80(85)63-56-48-38-30-26-22-18-17-20-24-28-34-42-50-58-72(5)6)69-95-99(87,88)93-65-75(82)66-94-100(89,90)96-70-77(68-92-79(84)62-54-46-40-39-44-52-60-74(8)10-2)98-81(86)64-55-47-37-29-25-21-16-14-12-11-13-15-19-23-27-33-41-49-57-71(3)4/h71-77,82H,9-70H2,1-8H3,(H,87,88)(H,89,90)/t73?,74?,75-,76-,77-/m1/s1. The first-order chi connectivity index (χ1) is 48.2. The Bertz CT molecular complexity index is 1960. The van der Waals surface area contributed by atoms with E-state index in [2.05, 4.69) is 55.4 Å². The lowest BCUT2D eigenvalue weighted by molar-refractivity contribution is -0.161. The molecule has 0 saturated carbocycles. The number of carbonyl (C=O) groups is 4. The van der Waals surface area contributed by atoms with Gasteiger partial charge >= 0.3 is 39.5 Å². The fourth-order valence-electron chi connectivity index (χ4n) is 12.4. The lowest BCUT2D eigenvalue weighted by Crippen LogP contribution is -2.30. The molecule has 0 spiro atoms. The third-order valence-electron chi connectivity index (χ3n) is 19.5. The SMILES string of the molecule is CCC(C)CCCCCCCCCCC(=O)OC[C@H](COP(=O)(O)OC[C@@H](O)COP(=O)(O)OC[C@@H](COC(=O)CCCCCCCCC(C)CC)OC(=O)CCCCCCCCCCCCCCCCCCCCC(C)C)OC(=O)CCCCCCCCCCCCCCCCC(C)C. The molecule has 594 valence electrons. The summed E-state index contributed by atoms with van der Waals surface area (Å²) in [5.74, 6) is 1.01. The van der Waals surface area contributed by atoms with Crippen molar-refractivity contribution in [3.63, 3.8) is 0 Å². The minimum absolute atomic E-state index is 0.107. The highest BCUT2D eigenvalue weighted by molar-refractivity contribution is 7.47. The lowest BCUT2D eigenvalue weighted by Gasteiger charge is -2.21. The number of rotatable bonds is 78. The maximum Gasteiger partial charge on any atom is 0.472 e. The van der Waals surface area contributed by atoms with E-state index in [0.717, 1.165) is 120 Å². The number of ether oxygens (including phenoxy) is 4. The lowest BCUT2D eigenvalue weighted by atomic mass is 9.99. The van der Waals surface area contributed by atoms with Gasteiger partial charge in [0.1, 0.15) is 19.3 Å². The highest BCUT2D eigenvalue weighted by Crippen LogP contribution is 2.45. The van der Waals surface area contributed by atoms with Crippen molar-refractivity contribution in [2.24, 2.45) is 23.7 Å². The number of hydrogen-bond acceptors (Lipinski definition) is 15. The third-order valence-corrected chi connectivity index (χ3v) is 21.4. The van der Waals surface area contributed by atoms with Crippen LogP contribution in [0.4, 0.5) is 0 Å². The van der Waals surface area contributed by atoms with Gasteiger partial charge in [0.25, 0.3) is 0 Å². The van der Waals surface area contributed by atoms with Gasteiger partial charge < -0.3 is 33.8 Å². The molecule has 0 amide bonds. The zero-order valence-corrected chi connectivity index (χ0v) is 67.6. The summed E-state index contributed by atoms with van der Waals surface area (Å²) < 4.78 is 68.7. The molecule has 3 N–H and O–H groups in total. The largest absolute Gasteiger partial charge is 0.472 e. The summed E-state index contributed by atoms with van der Waals surface area (Å²) in [4.78, 5) is 73.0. The number of esters is 4. The first kappa shape index (κ1) is 98.1. The Morgan fingerprint density at radius 2 is 0.480 bits per heavy atom. The van der Waals surface area contributed by atoms with Crippen LogP contribution in [0.15, 0.2) is 0 Å². The van der Waals surface area contributed by atoms with Crippen molar-refractivity contribution in [2.75, 3.05) is 39.6 Å². The summed E-state index contributed by atoms with van der Waals surface area (Å²) in [5.41, 5.74) is 0. The molecule has 0 aromatic carbocycles. The zero-order valence-electron chi connectivity index (χ0n) is 65.8. The highest BCUT2D eigenvalue weighted by atomic mass is 31.2. The maximum absolute atomic E-state index is 13.1. The molecule has 0 radical (unpaired) electrons. The van der Waals surface area contributed by atoms with Gasteiger partial charge in [-0.15, -0.1) is 0 Å². The molecule has 0 aliphatic carbocycles. The summed E-state index contributed by atoms with van der Waals surface area (Å²) in [6.07, 6.45) is 56.9. The molecule has 0 saturated heterocycles. The molecule has 4 unspecified atom stereocenters. The van der Waals surface area contributed by atoms with Crippen LogP contribution in [0.25, 0.3) is 0 Å². The molecule has 0 bridgehead atoms. The van der Waals surface area contributed by atoms with Gasteiger partial charge in [0.2, 0.25) is 0 Å². The van der Waals surface area contributed by atoms with Crippen molar-refractivity contribution in [3.05, 3.63) is 0 Å². The van der Waals surface area contributed by atoms with Crippen molar-refractivity contribution in [1.29, 1.82) is 0 Å². The van der Waals surface area contributed by atoms with Crippen molar-refractivity contribution in [3.8, 4) is 0 Å². The molecule has 0 aliphatic rings. The van der Waals surface area contributed by atoms with Crippen LogP contribution in [0.1, 0.15) is 415 Å². The molecular weight excluding hydrogens is 1310 g/mol. The summed E-state index contributed by atoms with van der Waals surface area (Å²) >= 11 is 0. The van der Waals surface area contributed by atoms with Gasteiger partial charge in [-0.1, -0.05) is 364 Å². The molecule has 0 rings (SSSR count). The predicted octanol–water partition coefficient (Wildman–Crippen LogP) is 24.0. The third kappa shape index (κ3) is 71.7. The zero-order chi connectivity index (χ0) is 73.8. The fraction of sp³-hybridized carbons (Fsp3) is 0.951. The Morgan fingerprint density at radius 1 is 0.280 bits per heavy atom. The van der Waals surface area contributed by atoms with Crippen LogP contribution >= 0.6 is 15.6 Å². The Morgan fingerprint density at radius 3 is 0.710 bits per heavy atom. The van der Waals surface area contributed by atoms with E-state index in [1.54, 1.807) is 0 Å². The smallest absolute Gasteiger partial charge is 0.462 e. The summed E-state index contributed by atoms with van der Waals surface area (Å²) in [6, 6.07) is 0. The number of hydrogen-bond donors (Lipinski definition) is 3. The van der Waals surface area contributed by atoms with Gasteiger partial charge in [0.05, 0.1) is 26.4 Å². The second-order valence-electron chi connectivity index (χ2n) is 30.6. The molecule has 100 heavy (non-hydrogen) atoms. The predicted molar refractivity (Wildman–Crippen MR) is 409 cm³/mol. The molecule has 7 atom stereocenters. The van der Waals surface area contributed by atoms with E-state index in [4.69, 9.17) is 37.0 Å². The van der Waals surface area contributed by atoms with Crippen LogP contribution in [-0.4, -0.2) is 96.7 Å². The van der Waals surface area contributed by atoms with Crippen molar-refractivity contribution in [1.82, 2.24) is 0 Å². The Labute approximate surface area is 613 Å². The summed E-state index contributed by atoms with van der Waals surface area (Å²) in [6.45, 7) is 14.3. The second kappa shape index (κ2) is 70.1. The maximum atomic E-state index is 13.1. The first-order valence-corrected chi connectivity index (χ1v) is 44.8. The first-order valence-electron chi connectivity index (χ1n) is 41.8. The Hall–Kier alpha value is -1.94. The van der Waals surface area contributed by atoms with Gasteiger partial charge in [-0.2, -0.15) is 0 Å². The molecule has 0 heterocycles. The molecule has 0 aliphatic heterocycles. The monoisotopic (exact) mass is 1470 g/mol. The molecular formula is C81H158O17P2. The van der Waals surface area contributed by atoms with Crippen LogP contribution in [-0.2, 0) is 65.4 Å². The van der Waals surface area contributed by atoms with Crippen molar-refractivity contribution < 1.29 is 80.2 Å². The van der Waals surface area contributed by atoms with Crippen molar-refractivity contribution in [2.45, 2.75) is 433 Å². The van der Waals surface area contributed by atoms with E-state index in [0.29, 0.717) is 25.7 Å². The van der Waals surface area contributed by atoms with Gasteiger partial charge in [-0.05, 0) is 49.4 Å². The van der Waals surface area contributed by atoms with E-state index in [-0.39, 0.29) is 25.7 Å². The second-order valence-corrected chi connectivity index (χ2v) is 33.5. The van der Waals surface area contributed by atoms with Crippen LogP contribution < -0.4 is 0 Å². The van der Waals surface area contributed by atoms with Crippen LogP contribution in [0.3, 0.4) is 0 Å². The van der Waals surface area contributed by atoms with Gasteiger partial charge in [-0.3, -0.25) is 37.3 Å². The van der Waals surface area contributed by atoms with Crippen LogP contribution in [0, 0.1) is 23.7 Å². The van der Waals surface area contributed by atoms with Gasteiger partial charge in [0, 0.05) is 25.7 Å². The molecule has 17 nitrogen and oxygen atoms in total. The molecule has 19 heteroatoms. The number of unbranched alkanes of at least 4 members (excludes halogenated alkanes) is 42. The number of phosphoric acid groups is 2. The highest BCUT2D eigenvalue weighted by Gasteiger charge is 2.30. The molecule has 0 aromatic rings. The average molecular weight is 1470 g/mol. The van der Waals surface area contributed by atoms with Crippen molar-refractivity contribution >= 4 is 39.5 Å². The fourth-order valence-corrected chi connectivity index (χ4v) is 13.9. The minimum Gasteiger partial charge on any atom is -0.462 e. The van der Waals surface area contributed by atoms with Gasteiger partial charge in [0.15, 0.2) is 12.2 Å². The van der Waals surface area contributed by atoms with Crippen LogP contribution in [0.2, 0.25) is 0 Å². The van der Waals surface area contributed by atoms with Gasteiger partial charge in [-0.25, -0.2) is 9.13 Å². The summed E-state index contributed by atoms with van der Waals surface area (Å²) in [5, 5.41) is 10.6. The average Bonchev–Trinajstić information content (AvgIpc) is 0.925. The topological polar surface area (TPSA) is 237 Å². The van der Waals surface area contributed by atoms with E-state index >= 15 is 0 Å². The number of carbonyl (C=O) groups excluding carboxylic acids is 4. The number of phosphoric ester groups is 2. The number of aliphatic hydroxyl groups excluding tert-OH is 1. The van der Waals surface area contributed by atoms with E-state index in [1.807, 2.05) is 0 Å². The number of aliphatic hydroxyl groups is 1. The van der Waals surface area contributed by atoms with Crippen LogP contribution in [0.5, 0.6) is 0 Å². The van der Waals surface area contributed by atoms with E-state index < -0.39 is 97.5 Å². The minimum atomic E-state index is -4.96. The Kier molecular flexibility index (Phi) is 68.7. The normalized spacial score (nSPS) is 14.6. The quantitative estimate of drug-likeness (QED) is 0.0222. The Balaban J connectivity index is 5.20.